The van der Waals surface area contributed by atoms with E-state index in [1.54, 1.807) is 18.3 Å². The molecule has 0 amide bonds. The number of hydrogen-bond donors (Lipinski definition) is 1. The maximum atomic E-state index is 6.08. The summed E-state index contributed by atoms with van der Waals surface area (Å²) in [5.74, 6) is 2.46. The van der Waals surface area contributed by atoms with E-state index in [0.717, 1.165) is 30.3 Å². The molecule has 0 aliphatic carbocycles. The van der Waals surface area contributed by atoms with Crippen LogP contribution in [0.3, 0.4) is 0 Å². The van der Waals surface area contributed by atoms with E-state index in [-0.39, 0.29) is 0 Å². The number of halogens is 2. The molecule has 2 heterocycles. The summed E-state index contributed by atoms with van der Waals surface area (Å²) in [5, 5.41) is 4.20. The van der Waals surface area contributed by atoms with Crippen molar-refractivity contribution >= 4 is 52.4 Å². The fourth-order valence-corrected chi connectivity index (χ4v) is 4.13. The summed E-state index contributed by atoms with van der Waals surface area (Å²) in [4.78, 5) is 12.6. The minimum absolute atomic E-state index is 0.494. The maximum Gasteiger partial charge on any atom is 0.229 e. The molecule has 0 saturated carbocycles. The zero-order chi connectivity index (χ0) is 17.9. The standard InChI is InChI=1S/C19H16Cl2N4S/c20-15-6-5-14(11-16(15)21)23-19-22-8-7-18(24-19)25-9-10-26-17-4-2-1-3-13(17)12-25/h1-8,11H,9-10,12H2,(H,22,23,24). The number of hydrogen-bond acceptors (Lipinski definition) is 5. The van der Waals surface area contributed by atoms with Gasteiger partial charge < -0.3 is 10.2 Å². The van der Waals surface area contributed by atoms with Gasteiger partial charge in [-0.15, -0.1) is 11.8 Å². The molecule has 0 fully saturated rings. The highest BCUT2D eigenvalue weighted by molar-refractivity contribution is 7.99. The molecule has 0 unspecified atom stereocenters. The molecule has 1 aromatic heterocycles. The van der Waals surface area contributed by atoms with Gasteiger partial charge in [-0.05, 0) is 35.9 Å². The van der Waals surface area contributed by atoms with Crippen molar-refractivity contribution in [2.75, 3.05) is 22.5 Å². The van der Waals surface area contributed by atoms with E-state index >= 15 is 0 Å². The second-order valence-corrected chi connectivity index (χ2v) is 7.82. The van der Waals surface area contributed by atoms with Crippen molar-refractivity contribution < 1.29 is 0 Å². The number of nitrogens with zero attached hydrogens (tertiary/aromatic N) is 3. The van der Waals surface area contributed by atoms with Gasteiger partial charge in [-0.1, -0.05) is 41.4 Å². The second-order valence-electron chi connectivity index (χ2n) is 5.87. The van der Waals surface area contributed by atoms with Crippen LogP contribution in [0.1, 0.15) is 5.56 Å². The molecular weight excluding hydrogens is 387 g/mol. The van der Waals surface area contributed by atoms with E-state index in [2.05, 4.69) is 44.5 Å². The summed E-state index contributed by atoms with van der Waals surface area (Å²) < 4.78 is 0. The van der Waals surface area contributed by atoms with Crippen molar-refractivity contribution in [3.8, 4) is 0 Å². The predicted octanol–water partition coefficient (Wildman–Crippen LogP) is 5.64. The van der Waals surface area contributed by atoms with Gasteiger partial charge in [-0.2, -0.15) is 4.98 Å². The third-order valence-electron chi connectivity index (χ3n) is 4.09. The number of rotatable bonds is 3. The highest BCUT2D eigenvalue weighted by Gasteiger charge is 2.16. The van der Waals surface area contributed by atoms with Gasteiger partial charge in [-0.25, -0.2) is 4.98 Å². The molecule has 4 nitrogen and oxygen atoms in total. The van der Waals surface area contributed by atoms with Crippen LogP contribution < -0.4 is 10.2 Å². The highest BCUT2D eigenvalue weighted by atomic mass is 35.5. The Morgan fingerprint density at radius 2 is 1.92 bits per heavy atom. The number of aromatic nitrogens is 2. The van der Waals surface area contributed by atoms with Gasteiger partial charge in [0.25, 0.3) is 0 Å². The van der Waals surface area contributed by atoms with Crippen molar-refractivity contribution in [1.29, 1.82) is 0 Å². The van der Waals surface area contributed by atoms with Crippen molar-refractivity contribution in [2.45, 2.75) is 11.4 Å². The quantitative estimate of drug-likeness (QED) is 0.613. The Hall–Kier alpha value is -1.95. The maximum absolute atomic E-state index is 6.08. The number of anilines is 3. The van der Waals surface area contributed by atoms with E-state index < -0.39 is 0 Å². The van der Waals surface area contributed by atoms with Crippen LogP contribution in [0.5, 0.6) is 0 Å². The first-order chi connectivity index (χ1) is 12.7. The lowest BCUT2D eigenvalue weighted by molar-refractivity contribution is 0.816. The molecule has 1 aliphatic heterocycles. The molecule has 0 atom stereocenters. The first-order valence-electron chi connectivity index (χ1n) is 8.20. The van der Waals surface area contributed by atoms with E-state index in [4.69, 9.17) is 23.2 Å². The Labute approximate surface area is 166 Å². The van der Waals surface area contributed by atoms with Gasteiger partial charge >= 0.3 is 0 Å². The molecule has 4 rings (SSSR count). The Morgan fingerprint density at radius 1 is 1.04 bits per heavy atom. The third-order valence-corrected chi connectivity index (χ3v) is 5.93. The van der Waals surface area contributed by atoms with Crippen LogP contribution in [0.15, 0.2) is 59.6 Å². The summed E-state index contributed by atoms with van der Waals surface area (Å²) in [5.41, 5.74) is 2.13. The second kappa shape index (κ2) is 7.74. The van der Waals surface area contributed by atoms with Gasteiger partial charge in [-0.3, -0.25) is 0 Å². The summed E-state index contributed by atoms with van der Waals surface area (Å²) in [6.45, 7) is 1.77. The van der Waals surface area contributed by atoms with Crippen LogP contribution >= 0.6 is 35.0 Å². The van der Waals surface area contributed by atoms with Crippen molar-refractivity contribution in [3.05, 3.63) is 70.3 Å². The Balaban J connectivity index is 1.56. The Bertz CT molecular complexity index is 935. The average molecular weight is 403 g/mol. The van der Waals surface area contributed by atoms with Crippen LogP contribution in [-0.4, -0.2) is 22.3 Å². The number of benzene rings is 2. The molecule has 2 aromatic carbocycles. The molecule has 132 valence electrons. The van der Waals surface area contributed by atoms with E-state index in [1.807, 2.05) is 23.9 Å². The van der Waals surface area contributed by atoms with Gasteiger partial charge in [0.2, 0.25) is 5.95 Å². The summed E-state index contributed by atoms with van der Waals surface area (Å²) in [6.07, 6.45) is 1.77. The Morgan fingerprint density at radius 3 is 2.81 bits per heavy atom. The topological polar surface area (TPSA) is 41.1 Å². The lowest BCUT2D eigenvalue weighted by Crippen LogP contribution is -2.25. The van der Waals surface area contributed by atoms with Gasteiger partial charge in [0, 0.05) is 35.6 Å². The number of nitrogens with one attached hydrogen (secondary N) is 1. The molecule has 0 saturated heterocycles. The van der Waals surface area contributed by atoms with Gasteiger partial charge in [0.05, 0.1) is 10.0 Å². The summed E-state index contributed by atoms with van der Waals surface area (Å²) >= 11 is 13.9. The molecule has 1 aliphatic rings. The molecule has 0 spiro atoms. The molecule has 0 bridgehead atoms. The molecule has 1 N–H and O–H groups in total. The van der Waals surface area contributed by atoms with Crippen molar-refractivity contribution in [1.82, 2.24) is 9.97 Å². The highest BCUT2D eigenvalue weighted by Crippen LogP contribution is 2.30. The molecule has 7 heteroatoms. The van der Waals surface area contributed by atoms with Gasteiger partial charge in [0.15, 0.2) is 0 Å². The van der Waals surface area contributed by atoms with E-state index in [0.29, 0.717) is 16.0 Å². The van der Waals surface area contributed by atoms with E-state index in [1.165, 1.54) is 10.5 Å². The average Bonchev–Trinajstić information content (AvgIpc) is 2.87. The summed E-state index contributed by atoms with van der Waals surface area (Å²) in [6, 6.07) is 15.8. The monoisotopic (exact) mass is 402 g/mol. The largest absolute Gasteiger partial charge is 0.351 e. The van der Waals surface area contributed by atoms with Crippen LogP contribution in [0.4, 0.5) is 17.5 Å². The third kappa shape index (κ3) is 3.90. The normalized spacial score (nSPS) is 13.8. The predicted molar refractivity (Wildman–Crippen MR) is 110 cm³/mol. The summed E-state index contributed by atoms with van der Waals surface area (Å²) in [7, 11) is 0. The SMILES string of the molecule is Clc1ccc(Nc2nccc(N3CCSc4ccccc4C3)n2)cc1Cl. The van der Waals surface area contributed by atoms with E-state index in [9.17, 15) is 0 Å². The first-order valence-corrected chi connectivity index (χ1v) is 9.94. The van der Waals surface area contributed by atoms with Crippen LogP contribution in [0, 0.1) is 0 Å². The molecule has 0 radical (unpaired) electrons. The fourth-order valence-electron chi connectivity index (χ4n) is 2.81. The lowest BCUT2D eigenvalue weighted by Gasteiger charge is -2.22. The fraction of sp³-hybridized carbons (Fsp3) is 0.158. The Kier molecular flexibility index (Phi) is 5.20. The first kappa shape index (κ1) is 17.5. The smallest absolute Gasteiger partial charge is 0.229 e. The zero-order valence-electron chi connectivity index (χ0n) is 13.8. The lowest BCUT2D eigenvalue weighted by atomic mass is 10.2. The zero-order valence-corrected chi connectivity index (χ0v) is 16.2. The van der Waals surface area contributed by atoms with Gasteiger partial charge in [0.1, 0.15) is 5.82 Å². The van der Waals surface area contributed by atoms with Crippen molar-refractivity contribution in [2.24, 2.45) is 0 Å². The molecule has 26 heavy (non-hydrogen) atoms. The number of fused-ring (bicyclic) bond motifs is 1. The van der Waals surface area contributed by atoms with Crippen LogP contribution in [0.25, 0.3) is 0 Å². The van der Waals surface area contributed by atoms with Crippen LogP contribution in [-0.2, 0) is 6.54 Å². The minimum atomic E-state index is 0.494. The minimum Gasteiger partial charge on any atom is -0.351 e. The number of thioether (sulfide) groups is 1. The molecular formula is C19H16Cl2N4S. The molecule has 3 aromatic rings. The van der Waals surface area contributed by atoms with Crippen LogP contribution in [0.2, 0.25) is 10.0 Å². The van der Waals surface area contributed by atoms with Crippen molar-refractivity contribution in [3.63, 3.8) is 0 Å².